The molecule has 1 aliphatic carbocycles. The van der Waals surface area contributed by atoms with Crippen molar-refractivity contribution in [2.75, 3.05) is 0 Å². The number of hydrogen-bond acceptors (Lipinski definition) is 4. The van der Waals surface area contributed by atoms with E-state index in [-0.39, 0.29) is 5.78 Å². The molecule has 0 saturated carbocycles. The zero-order valence-electron chi connectivity index (χ0n) is 6.93. The van der Waals surface area contributed by atoms with E-state index in [0.29, 0.717) is 6.42 Å². The Balaban J connectivity index is 2.07. The highest BCUT2D eigenvalue weighted by molar-refractivity contribution is 8.03. The van der Waals surface area contributed by atoms with Crippen LogP contribution in [0.25, 0.3) is 0 Å². The lowest BCUT2D eigenvalue weighted by atomic mass is 10.3. The van der Waals surface area contributed by atoms with Crippen LogP contribution < -0.4 is 0 Å². The second-order valence-electron chi connectivity index (χ2n) is 2.73. The Labute approximate surface area is 80.3 Å². The van der Waals surface area contributed by atoms with Gasteiger partial charge < -0.3 is 0 Å². The summed E-state index contributed by atoms with van der Waals surface area (Å²) < 4.78 is 0. The molecule has 1 aliphatic rings. The number of carbonyl (C=O) groups excluding carboxylic acids is 1. The third kappa shape index (κ3) is 2.15. The van der Waals surface area contributed by atoms with Crippen LogP contribution in [0, 0.1) is 0 Å². The minimum Gasteiger partial charge on any atom is -0.295 e. The van der Waals surface area contributed by atoms with Gasteiger partial charge in [-0.05, 0) is 23.5 Å². The molecule has 0 unspecified atom stereocenters. The highest BCUT2D eigenvalue weighted by atomic mass is 32.2. The summed E-state index contributed by atoms with van der Waals surface area (Å²) in [6.45, 7) is 0. The van der Waals surface area contributed by atoms with Gasteiger partial charge in [0.15, 0.2) is 5.78 Å². The first-order chi connectivity index (χ1) is 6.34. The maximum Gasteiger partial charge on any atom is 0.156 e. The van der Waals surface area contributed by atoms with E-state index in [1.54, 1.807) is 24.0 Å². The lowest BCUT2D eigenvalue weighted by molar-refractivity contribution is -0.114. The fourth-order valence-corrected chi connectivity index (χ4v) is 2.02. The van der Waals surface area contributed by atoms with Gasteiger partial charge in [0, 0.05) is 12.6 Å². The first-order valence-corrected chi connectivity index (χ1v) is 4.83. The van der Waals surface area contributed by atoms with Crippen LogP contribution in [-0.2, 0) is 4.79 Å². The Morgan fingerprint density at radius 1 is 1.38 bits per heavy atom. The highest BCUT2D eigenvalue weighted by Gasteiger charge is 2.12. The molecule has 3 nitrogen and oxygen atoms in total. The molecule has 0 aliphatic heterocycles. The Kier molecular flexibility index (Phi) is 2.40. The molecule has 0 radical (unpaired) electrons. The zero-order valence-corrected chi connectivity index (χ0v) is 7.75. The average Bonchev–Trinajstić information content (AvgIpc) is 2.53. The second-order valence-corrected chi connectivity index (χ2v) is 3.87. The van der Waals surface area contributed by atoms with Gasteiger partial charge >= 0.3 is 0 Å². The standard InChI is InChI=1S/C9H8N2OS/c12-7-1-2-8(5-7)13-9-3-4-10-6-11-9/h3-6H,1-2H2. The summed E-state index contributed by atoms with van der Waals surface area (Å²) in [6, 6.07) is 1.84. The summed E-state index contributed by atoms with van der Waals surface area (Å²) in [7, 11) is 0. The predicted octanol–water partition coefficient (Wildman–Crippen LogP) is 1.82. The Morgan fingerprint density at radius 2 is 2.31 bits per heavy atom. The fraction of sp³-hybridized carbons (Fsp3) is 0.222. The van der Waals surface area contributed by atoms with Gasteiger partial charge in [-0.25, -0.2) is 9.97 Å². The van der Waals surface area contributed by atoms with E-state index in [0.717, 1.165) is 16.4 Å². The third-order valence-corrected chi connectivity index (χ3v) is 2.77. The minimum atomic E-state index is 0.219. The monoisotopic (exact) mass is 192 g/mol. The van der Waals surface area contributed by atoms with Crippen LogP contribution in [-0.4, -0.2) is 15.8 Å². The maximum absolute atomic E-state index is 10.9. The van der Waals surface area contributed by atoms with Crippen LogP contribution in [0.15, 0.2) is 34.6 Å². The molecule has 13 heavy (non-hydrogen) atoms. The van der Waals surface area contributed by atoms with Crippen molar-refractivity contribution in [3.8, 4) is 0 Å². The van der Waals surface area contributed by atoms with E-state index >= 15 is 0 Å². The van der Waals surface area contributed by atoms with Crippen LogP contribution in [0.3, 0.4) is 0 Å². The van der Waals surface area contributed by atoms with Crippen molar-refractivity contribution in [3.05, 3.63) is 29.6 Å². The van der Waals surface area contributed by atoms with Crippen molar-refractivity contribution in [1.29, 1.82) is 0 Å². The van der Waals surface area contributed by atoms with Gasteiger partial charge in [-0.1, -0.05) is 11.8 Å². The fourth-order valence-electron chi connectivity index (χ4n) is 1.12. The van der Waals surface area contributed by atoms with Crippen LogP contribution in [0.5, 0.6) is 0 Å². The van der Waals surface area contributed by atoms with Gasteiger partial charge in [-0.15, -0.1) is 0 Å². The molecule has 0 saturated heterocycles. The van der Waals surface area contributed by atoms with Gasteiger partial charge in [0.1, 0.15) is 11.4 Å². The molecule has 4 heteroatoms. The molecular weight excluding hydrogens is 184 g/mol. The third-order valence-electron chi connectivity index (χ3n) is 1.73. The predicted molar refractivity (Wildman–Crippen MR) is 50.2 cm³/mol. The molecule has 0 spiro atoms. The van der Waals surface area contributed by atoms with E-state index < -0.39 is 0 Å². The molecule has 66 valence electrons. The minimum absolute atomic E-state index is 0.219. The van der Waals surface area contributed by atoms with Crippen molar-refractivity contribution in [3.63, 3.8) is 0 Å². The molecule has 1 aromatic heterocycles. The quantitative estimate of drug-likeness (QED) is 0.670. The van der Waals surface area contributed by atoms with Gasteiger partial charge in [0.2, 0.25) is 0 Å². The Hall–Kier alpha value is -1.16. The number of thioether (sulfide) groups is 1. The van der Waals surface area contributed by atoms with E-state index in [4.69, 9.17) is 0 Å². The summed E-state index contributed by atoms with van der Waals surface area (Å²) in [5, 5.41) is 0.899. The summed E-state index contributed by atoms with van der Waals surface area (Å²) in [5.41, 5.74) is 0. The molecule has 0 amide bonds. The first-order valence-electron chi connectivity index (χ1n) is 4.02. The van der Waals surface area contributed by atoms with Crippen LogP contribution in [0.2, 0.25) is 0 Å². The number of rotatable bonds is 2. The molecule has 2 rings (SSSR count). The molecule has 0 N–H and O–H groups in total. The largest absolute Gasteiger partial charge is 0.295 e. The van der Waals surface area contributed by atoms with Gasteiger partial charge in [-0.2, -0.15) is 0 Å². The zero-order chi connectivity index (χ0) is 9.10. The van der Waals surface area contributed by atoms with E-state index in [1.807, 2.05) is 6.07 Å². The van der Waals surface area contributed by atoms with E-state index in [2.05, 4.69) is 9.97 Å². The summed E-state index contributed by atoms with van der Waals surface area (Å²) in [4.78, 5) is 19.9. The van der Waals surface area contributed by atoms with Gasteiger partial charge in [0.25, 0.3) is 0 Å². The summed E-state index contributed by atoms with van der Waals surface area (Å²) in [5.74, 6) is 0.219. The van der Waals surface area contributed by atoms with Crippen LogP contribution >= 0.6 is 11.8 Å². The molecule has 1 aromatic rings. The number of carbonyl (C=O) groups is 1. The molecule has 0 fully saturated rings. The molecule has 0 atom stereocenters. The van der Waals surface area contributed by atoms with Crippen molar-refractivity contribution >= 4 is 17.5 Å². The lowest BCUT2D eigenvalue weighted by Crippen LogP contribution is -1.80. The smallest absolute Gasteiger partial charge is 0.156 e. The normalized spacial score (nSPS) is 16.0. The maximum atomic E-state index is 10.9. The van der Waals surface area contributed by atoms with Gasteiger partial charge in [-0.3, -0.25) is 4.79 Å². The number of ketones is 1. The van der Waals surface area contributed by atoms with Crippen molar-refractivity contribution < 1.29 is 4.79 Å². The molecular formula is C9H8N2OS. The molecule has 0 aromatic carbocycles. The van der Waals surface area contributed by atoms with E-state index in [1.165, 1.54) is 6.33 Å². The molecule has 1 heterocycles. The van der Waals surface area contributed by atoms with Crippen molar-refractivity contribution in [2.45, 2.75) is 17.9 Å². The molecule has 0 bridgehead atoms. The Bertz CT molecular complexity index is 348. The SMILES string of the molecule is O=C1C=C(Sc2ccncn2)CC1. The van der Waals surface area contributed by atoms with Gasteiger partial charge in [0.05, 0.1) is 0 Å². The average molecular weight is 192 g/mol. The summed E-state index contributed by atoms with van der Waals surface area (Å²) in [6.07, 6.45) is 6.42. The number of hydrogen-bond donors (Lipinski definition) is 0. The topological polar surface area (TPSA) is 42.9 Å². The van der Waals surface area contributed by atoms with Crippen molar-refractivity contribution in [1.82, 2.24) is 9.97 Å². The Morgan fingerprint density at radius 3 is 2.92 bits per heavy atom. The van der Waals surface area contributed by atoms with Crippen LogP contribution in [0.4, 0.5) is 0 Å². The van der Waals surface area contributed by atoms with Crippen LogP contribution in [0.1, 0.15) is 12.8 Å². The second kappa shape index (κ2) is 3.70. The number of allylic oxidation sites excluding steroid dienone is 2. The number of aromatic nitrogens is 2. The number of nitrogens with zero attached hydrogens (tertiary/aromatic N) is 2. The van der Waals surface area contributed by atoms with Crippen molar-refractivity contribution in [2.24, 2.45) is 0 Å². The van der Waals surface area contributed by atoms with E-state index in [9.17, 15) is 4.79 Å². The summed E-state index contributed by atoms with van der Waals surface area (Å²) >= 11 is 1.54. The first kappa shape index (κ1) is 8.44. The highest BCUT2D eigenvalue weighted by Crippen LogP contribution is 2.31. The lowest BCUT2D eigenvalue weighted by Gasteiger charge is -1.97.